The van der Waals surface area contributed by atoms with Crippen LogP contribution in [0, 0.1) is 0 Å². The van der Waals surface area contributed by atoms with Crippen LogP contribution < -0.4 is 10.6 Å². The van der Waals surface area contributed by atoms with Crippen LogP contribution in [0.4, 0.5) is 4.79 Å². The van der Waals surface area contributed by atoms with Crippen LogP contribution in [-0.2, 0) is 22.5 Å². The van der Waals surface area contributed by atoms with Crippen LogP contribution in [0.3, 0.4) is 0 Å². The average Bonchev–Trinajstić information content (AvgIpc) is 3.08. The Hall–Kier alpha value is -3.35. The summed E-state index contributed by atoms with van der Waals surface area (Å²) in [4.78, 5) is 29.5. The van der Waals surface area contributed by atoms with Crippen molar-refractivity contribution in [3.8, 4) is 0 Å². The lowest BCUT2D eigenvalue weighted by atomic mass is 10.1. The number of nitrogens with one attached hydrogen (secondary N) is 2. The molecule has 3 rings (SSSR count). The highest BCUT2D eigenvalue weighted by Crippen LogP contribution is 2.10. The molecule has 0 spiro atoms. The molecule has 2 amide bonds. The van der Waals surface area contributed by atoms with Crippen molar-refractivity contribution in [2.24, 2.45) is 0 Å². The van der Waals surface area contributed by atoms with Crippen LogP contribution in [-0.4, -0.2) is 33.0 Å². The highest BCUT2D eigenvalue weighted by Gasteiger charge is 2.24. The normalized spacial score (nSPS) is 12.4. The number of hydrogen-bond acceptors (Lipinski definition) is 4. The Bertz CT molecular complexity index is 976. The lowest BCUT2D eigenvalue weighted by Gasteiger charge is -2.23. The van der Waals surface area contributed by atoms with Crippen molar-refractivity contribution in [1.82, 2.24) is 20.0 Å². The quantitative estimate of drug-likeness (QED) is 0.673. The van der Waals surface area contributed by atoms with Crippen LogP contribution in [0.15, 0.2) is 60.9 Å². The zero-order chi connectivity index (χ0) is 20.9. The molecule has 0 radical (unpaired) electrons. The van der Waals surface area contributed by atoms with E-state index in [1.807, 2.05) is 59.1 Å². The number of nitrogens with zero attached hydrogens (tertiary/aromatic N) is 2. The summed E-state index contributed by atoms with van der Waals surface area (Å²) in [5, 5.41) is 5.56. The third-order valence-corrected chi connectivity index (χ3v) is 4.23. The summed E-state index contributed by atoms with van der Waals surface area (Å²) >= 11 is 0. The van der Waals surface area contributed by atoms with E-state index in [-0.39, 0.29) is 12.5 Å². The van der Waals surface area contributed by atoms with Gasteiger partial charge in [-0.3, -0.25) is 4.79 Å². The van der Waals surface area contributed by atoms with Gasteiger partial charge in [-0.15, -0.1) is 0 Å². The molecule has 29 heavy (non-hydrogen) atoms. The molecule has 0 saturated heterocycles. The number of amides is 2. The minimum atomic E-state index is -0.765. The van der Waals surface area contributed by atoms with Gasteiger partial charge in [0.2, 0.25) is 5.91 Å². The second kappa shape index (κ2) is 8.77. The van der Waals surface area contributed by atoms with E-state index in [0.717, 1.165) is 11.1 Å². The van der Waals surface area contributed by atoms with Crippen LogP contribution in [0.2, 0.25) is 0 Å². The average molecular weight is 394 g/mol. The van der Waals surface area contributed by atoms with Crippen molar-refractivity contribution in [2.75, 3.05) is 0 Å². The number of ether oxygens (including phenoxy) is 1. The Morgan fingerprint density at radius 3 is 2.55 bits per heavy atom. The van der Waals surface area contributed by atoms with E-state index in [9.17, 15) is 9.59 Å². The van der Waals surface area contributed by atoms with E-state index in [4.69, 9.17) is 4.74 Å². The fourth-order valence-electron chi connectivity index (χ4n) is 2.93. The molecule has 2 aromatic heterocycles. The van der Waals surface area contributed by atoms with E-state index < -0.39 is 17.7 Å². The van der Waals surface area contributed by atoms with Gasteiger partial charge in [0.15, 0.2) is 0 Å². The number of hydrogen-bond donors (Lipinski definition) is 2. The third kappa shape index (κ3) is 5.81. The van der Waals surface area contributed by atoms with Gasteiger partial charge in [-0.2, -0.15) is 0 Å². The SMILES string of the molecule is CC(C)(C)OC(=O)NC(Cc1ccccc1)C(=O)NCc1ncc2ccccn12. The van der Waals surface area contributed by atoms with Gasteiger partial charge in [0.25, 0.3) is 0 Å². The number of alkyl carbamates (subject to hydrolysis) is 1. The summed E-state index contributed by atoms with van der Waals surface area (Å²) in [5.41, 5.74) is 1.24. The number of carbonyl (C=O) groups excluding carboxylic acids is 2. The molecular weight excluding hydrogens is 368 g/mol. The van der Waals surface area contributed by atoms with E-state index in [1.165, 1.54) is 0 Å². The van der Waals surface area contributed by atoms with Crippen LogP contribution in [0.5, 0.6) is 0 Å². The second-order valence-electron chi connectivity index (χ2n) is 7.78. The van der Waals surface area contributed by atoms with Gasteiger partial charge in [-0.05, 0) is 38.5 Å². The Morgan fingerprint density at radius 1 is 1.10 bits per heavy atom. The Kier molecular flexibility index (Phi) is 6.16. The molecule has 0 aliphatic heterocycles. The minimum absolute atomic E-state index is 0.248. The second-order valence-corrected chi connectivity index (χ2v) is 7.78. The maximum Gasteiger partial charge on any atom is 0.408 e. The first-order valence-corrected chi connectivity index (χ1v) is 9.54. The molecule has 152 valence electrons. The maximum absolute atomic E-state index is 12.9. The van der Waals surface area contributed by atoms with Crippen molar-refractivity contribution in [3.05, 3.63) is 72.3 Å². The molecule has 2 heterocycles. The van der Waals surface area contributed by atoms with Crippen molar-refractivity contribution in [3.63, 3.8) is 0 Å². The summed E-state index contributed by atoms with van der Waals surface area (Å²) in [6.07, 6.45) is 3.38. The fourth-order valence-corrected chi connectivity index (χ4v) is 2.93. The summed E-state index contributed by atoms with van der Waals surface area (Å²) in [7, 11) is 0. The molecule has 0 saturated carbocycles. The number of fused-ring (bicyclic) bond motifs is 1. The lowest BCUT2D eigenvalue weighted by Crippen LogP contribution is -2.49. The van der Waals surface area contributed by atoms with Crippen LogP contribution in [0.1, 0.15) is 32.2 Å². The van der Waals surface area contributed by atoms with Crippen molar-refractivity contribution in [2.45, 2.75) is 45.4 Å². The number of aromatic nitrogens is 2. The third-order valence-electron chi connectivity index (χ3n) is 4.23. The van der Waals surface area contributed by atoms with Crippen molar-refractivity contribution >= 4 is 17.5 Å². The molecule has 0 aliphatic carbocycles. The minimum Gasteiger partial charge on any atom is -0.444 e. The predicted molar refractivity (Wildman–Crippen MR) is 110 cm³/mol. The van der Waals surface area contributed by atoms with Crippen LogP contribution >= 0.6 is 0 Å². The highest BCUT2D eigenvalue weighted by molar-refractivity contribution is 5.86. The number of benzene rings is 1. The molecule has 7 heteroatoms. The van der Waals surface area contributed by atoms with Gasteiger partial charge < -0.3 is 19.8 Å². The van der Waals surface area contributed by atoms with Crippen molar-refractivity contribution < 1.29 is 14.3 Å². The molecule has 1 aromatic carbocycles. The van der Waals surface area contributed by atoms with Crippen molar-refractivity contribution in [1.29, 1.82) is 0 Å². The van der Waals surface area contributed by atoms with Gasteiger partial charge in [-0.25, -0.2) is 9.78 Å². The molecule has 1 unspecified atom stereocenters. The Morgan fingerprint density at radius 2 is 1.83 bits per heavy atom. The van der Waals surface area contributed by atoms with Gasteiger partial charge in [0.05, 0.1) is 18.3 Å². The summed E-state index contributed by atoms with van der Waals surface area (Å²) < 4.78 is 7.23. The number of imidazole rings is 1. The number of rotatable bonds is 6. The summed E-state index contributed by atoms with van der Waals surface area (Å²) in [6, 6.07) is 14.5. The molecule has 7 nitrogen and oxygen atoms in total. The zero-order valence-corrected chi connectivity index (χ0v) is 16.9. The van der Waals surface area contributed by atoms with E-state index in [2.05, 4.69) is 15.6 Å². The highest BCUT2D eigenvalue weighted by atomic mass is 16.6. The Labute approximate surface area is 170 Å². The van der Waals surface area contributed by atoms with Gasteiger partial charge >= 0.3 is 6.09 Å². The van der Waals surface area contributed by atoms with Gasteiger partial charge in [0, 0.05) is 12.6 Å². The summed E-state index contributed by atoms with van der Waals surface area (Å²) in [6.45, 7) is 5.59. The zero-order valence-electron chi connectivity index (χ0n) is 16.9. The van der Waals surface area contributed by atoms with E-state index in [0.29, 0.717) is 12.2 Å². The molecule has 3 aromatic rings. The standard InChI is InChI=1S/C22H26N4O3/c1-22(2,3)29-21(28)25-18(13-16-9-5-4-6-10-16)20(27)24-15-19-23-14-17-11-7-8-12-26(17)19/h4-12,14,18H,13,15H2,1-3H3,(H,24,27)(H,25,28). The first kappa shape index (κ1) is 20.4. The van der Waals surface area contributed by atoms with Gasteiger partial charge in [0.1, 0.15) is 17.5 Å². The molecule has 0 aliphatic rings. The lowest BCUT2D eigenvalue weighted by molar-refractivity contribution is -0.123. The summed E-state index contributed by atoms with van der Waals surface area (Å²) in [5.74, 6) is 0.414. The molecule has 0 bridgehead atoms. The number of carbonyl (C=O) groups is 2. The largest absolute Gasteiger partial charge is 0.444 e. The van der Waals surface area contributed by atoms with Crippen LogP contribution in [0.25, 0.3) is 5.52 Å². The molecule has 1 atom stereocenters. The van der Waals surface area contributed by atoms with E-state index >= 15 is 0 Å². The maximum atomic E-state index is 12.9. The fraction of sp³-hybridized carbons (Fsp3) is 0.318. The first-order valence-electron chi connectivity index (χ1n) is 9.54. The smallest absolute Gasteiger partial charge is 0.408 e. The molecular formula is C22H26N4O3. The molecule has 0 fully saturated rings. The van der Waals surface area contributed by atoms with Gasteiger partial charge in [-0.1, -0.05) is 36.4 Å². The first-order chi connectivity index (χ1) is 13.8. The van der Waals surface area contributed by atoms with E-state index in [1.54, 1.807) is 27.0 Å². The monoisotopic (exact) mass is 394 g/mol. The number of pyridine rings is 1. The predicted octanol–water partition coefficient (Wildman–Crippen LogP) is 3.09. The Balaban J connectivity index is 1.69. The molecule has 2 N–H and O–H groups in total. The topological polar surface area (TPSA) is 84.7 Å².